The first-order valence-corrected chi connectivity index (χ1v) is 10.8. The summed E-state index contributed by atoms with van der Waals surface area (Å²) in [6, 6.07) is 13.7. The van der Waals surface area contributed by atoms with Gasteiger partial charge in [0.15, 0.2) is 4.90 Å². The van der Waals surface area contributed by atoms with E-state index in [9.17, 15) is 0 Å². The monoisotopic (exact) mass is 327 g/mol. The first kappa shape index (κ1) is 15.5. The van der Waals surface area contributed by atoms with E-state index in [2.05, 4.69) is 36.4 Å². The van der Waals surface area contributed by atoms with E-state index >= 15 is 0 Å². The highest BCUT2D eigenvalue weighted by molar-refractivity contribution is 7.97. The Hall–Kier alpha value is -0.990. The fourth-order valence-electron chi connectivity index (χ4n) is 4.03. The Morgan fingerprint density at radius 3 is 2.35 bits per heavy atom. The van der Waals surface area contributed by atoms with Gasteiger partial charge in [0.1, 0.15) is 11.5 Å². The van der Waals surface area contributed by atoms with Crippen LogP contribution in [0.3, 0.4) is 0 Å². The maximum atomic E-state index is 6.24. The van der Waals surface area contributed by atoms with Gasteiger partial charge in [-0.3, -0.25) is 0 Å². The van der Waals surface area contributed by atoms with Crippen molar-refractivity contribution in [3.63, 3.8) is 0 Å². The Morgan fingerprint density at radius 1 is 0.826 bits per heavy atom. The van der Waals surface area contributed by atoms with Gasteiger partial charge in [0.2, 0.25) is 0 Å². The van der Waals surface area contributed by atoms with Gasteiger partial charge in [0.05, 0.1) is 12.7 Å². The molecule has 0 atom stereocenters. The number of hydrogen-bond donors (Lipinski definition) is 0. The maximum Gasteiger partial charge on any atom is 0.162 e. The lowest BCUT2D eigenvalue weighted by Gasteiger charge is -2.22. The third kappa shape index (κ3) is 3.44. The molecule has 0 N–H and O–H groups in total. The predicted molar refractivity (Wildman–Crippen MR) is 100 cm³/mol. The van der Waals surface area contributed by atoms with Crippen LogP contribution in [0.4, 0.5) is 0 Å². The van der Waals surface area contributed by atoms with Gasteiger partial charge in [-0.25, -0.2) is 0 Å². The van der Waals surface area contributed by atoms with E-state index in [0.29, 0.717) is 17.0 Å². The molecular weight excluding hydrogens is 300 g/mol. The van der Waals surface area contributed by atoms with Crippen LogP contribution in [-0.4, -0.2) is 17.6 Å². The molecule has 2 aromatic carbocycles. The highest BCUT2D eigenvalue weighted by atomic mass is 32.2. The molecule has 0 spiro atoms. The molecule has 1 saturated heterocycles. The molecule has 0 amide bonds. The second kappa shape index (κ2) is 7.27. The summed E-state index contributed by atoms with van der Waals surface area (Å²) in [6.45, 7) is 0.777. The van der Waals surface area contributed by atoms with E-state index in [4.69, 9.17) is 4.74 Å². The van der Waals surface area contributed by atoms with Crippen LogP contribution in [0.25, 0.3) is 10.8 Å². The number of benzene rings is 2. The molecule has 23 heavy (non-hydrogen) atoms. The van der Waals surface area contributed by atoms with Crippen molar-refractivity contribution in [2.45, 2.75) is 62.6 Å². The van der Waals surface area contributed by atoms with Crippen LogP contribution >= 0.6 is 0 Å². The molecule has 2 aliphatic rings. The molecule has 122 valence electrons. The van der Waals surface area contributed by atoms with E-state index in [1.165, 1.54) is 72.8 Å². The number of ether oxygens (including phenoxy) is 1. The fraction of sp³-hybridized carbons (Fsp3) is 0.524. The van der Waals surface area contributed by atoms with Crippen LogP contribution in [0, 0.1) is 0 Å². The zero-order valence-corrected chi connectivity index (χ0v) is 14.7. The fourth-order valence-corrected chi connectivity index (χ4v) is 6.52. The summed E-state index contributed by atoms with van der Waals surface area (Å²) in [6.07, 6.45) is 9.87. The van der Waals surface area contributed by atoms with Crippen LogP contribution in [-0.2, 0) is 22.2 Å². The normalized spacial score (nSPS) is 20.3. The highest BCUT2D eigenvalue weighted by Gasteiger charge is 2.29. The lowest BCUT2D eigenvalue weighted by atomic mass is 9.97. The Kier molecular flexibility index (Phi) is 4.91. The first-order chi connectivity index (χ1) is 11.4. The minimum atomic E-state index is 0.477. The van der Waals surface area contributed by atoms with Gasteiger partial charge >= 0.3 is 0 Å². The molecule has 1 aliphatic heterocycles. The zero-order chi connectivity index (χ0) is 15.5. The minimum Gasteiger partial charge on any atom is -0.374 e. The van der Waals surface area contributed by atoms with E-state index < -0.39 is 0 Å². The lowest BCUT2D eigenvalue weighted by Crippen LogP contribution is -2.16. The number of fused-ring (bicyclic) bond motifs is 1. The van der Waals surface area contributed by atoms with Crippen molar-refractivity contribution in [3.05, 3.63) is 42.0 Å². The van der Waals surface area contributed by atoms with Gasteiger partial charge < -0.3 is 4.74 Å². The summed E-state index contributed by atoms with van der Waals surface area (Å²) in [4.78, 5) is 1.60. The molecule has 1 saturated carbocycles. The summed E-state index contributed by atoms with van der Waals surface area (Å²) in [5.74, 6) is 2.78. The number of rotatable bonds is 4. The molecule has 0 aromatic heterocycles. The lowest BCUT2D eigenvalue weighted by molar-refractivity contribution is 0.0174. The Morgan fingerprint density at radius 2 is 1.57 bits per heavy atom. The molecule has 2 heteroatoms. The molecule has 2 fully saturated rings. The van der Waals surface area contributed by atoms with E-state index in [-0.39, 0.29) is 0 Å². The Labute approximate surface area is 142 Å². The van der Waals surface area contributed by atoms with Gasteiger partial charge in [-0.15, -0.1) is 0 Å². The highest BCUT2D eigenvalue weighted by Crippen LogP contribution is 2.32. The Bertz CT molecular complexity index is 654. The van der Waals surface area contributed by atoms with E-state index in [0.717, 1.165) is 6.61 Å². The largest absolute Gasteiger partial charge is 0.374 e. The van der Waals surface area contributed by atoms with Crippen molar-refractivity contribution in [1.82, 2.24) is 0 Å². The van der Waals surface area contributed by atoms with Crippen molar-refractivity contribution < 1.29 is 4.74 Å². The number of hydrogen-bond acceptors (Lipinski definition) is 1. The van der Waals surface area contributed by atoms with Gasteiger partial charge in [-0.05, 0) is 48.8 Å². The summed E-state index contributed by atoms with van der Waals surface area (Å²) >= 11 is 0. The second-order valence-corrected chi connectivity index (χ2v) is 9.19. The van der Waals surface area contributed by atoms with Crippen molar-refractivity contribution in [2.24, 2.45) is 0 Å². The van der Waals surface area contributed by atoms with Gasteiger partial charge in [0.25, 0.3) is 0 Å². The third-order valence-corrected chi connectivity index (χ3v) is 7.88. The molecular formula is C21H27OS+. The van der Waals surface area contributed by atoms with Crippen molar-refractivity contribution in [1.29, 1.82) is 0 Å². The molecule has 0 radical (unpaired) electrons. The molecule has 2 aromatic rings. The van der Waals surface area contributed by atoms with Crippen LogP contribution in [0.15, 0.2) is 41.3 Å². The van der Waals surface area contributed by atoms with Gasteiger partial charge in [-0.2, -0.15) is 0 Å². The quantitative estimate of drug-likeness (QED) is 0.678. The van der Waals surface area contributed by atoms with Crippen LogP contribution in [0.1, 0.15) is 50.5 Å². The van der Waals surface area contributed by atoms with Crippen molar-refractivity contribution >= 4 is 21.7 Å². The van der Waals surface area contributed by atoms with E-state index in [1.807, 2.05) is 0 Å². The molecule has 1 aliphatic carbocycles. The van der Waals surface area contributed by atoms with Crippen LogP contribution < -0.4 is 0 Å². The first-order valence-electron chi connectivity index (χ1n) is 9.21. The predicted octanol–water partition coefficient (Wildman–Crippen LogP) is 5.46. The molecule has 0 bridgehead atoms. The van der Waals surface area contributed by atoms with Crippen LogP contribution in [0.2, 0.25) is 0 Å². The zero-order valence-electron chi connectivity index (χ0n) is 13.9. The molecule has 1 heterocycles. The minimum absolute atomic E-state index is 0.477. The Balaban J connectivity index is 1.58. The van der Waals surface area contributed by atoms with Gasteiger partial charge in [-0.1, -0.05) is 43.5 Å². The summed E-state index contributed by atoms with van der Waals surface area (Å²) in [5, 5.41) is 2.89. The third-order valence-electron chi connectivity index (χ3n) is 5.34. The van der Waals surface area contributed by atoms with Crippen molar-refractivity contribution in [2.75, 3.05) is 11.5 Å². The molecule has 1 nitrogen and oxygen atoms in total. The standard InChI is InChI=1S/C21H27OS/c1-2-8-18(9-3-1)22-16-17-12-13-21(23-14-6-7-15-23)20-11-5-4-10-19(17)20/h4-5,10-13,18H,1-3,6-9,14-16H2/q+1. The topological polar surface area (TPSA) is 9.23 Å². The smallest absolute Gasteiger partial charge is 0.162 e. The van der Waals surface area contributed by atoms with Crippen LogP contribution in [0.5, 0.6) is 0 Å². The second-order valence-electron chi connectivity index (χ2n) is 6.95. The maximum absolute atomic E-state index is 6.24. The van der Waals surface area contributed by atoms with Crippen molar-refractivity contribution in [3.8, 4) is 0 Å². The molecule has 4 rings (SSSR count). The summed E-state index contributed by atoms with van der Waals surface area (Å²) < 4.78 is 6.24. The summed E-state index contributed by atoms with van der Waals surface area (Å²) in [7, 11) is 0.477. The SMILES string of the molecule is c1ccc2c([S+]3CCCC3)ccc(COC3CCCCC3)c2c1. The van der Waals surface area contributed by atoms with E-state index in [1.54, 1.807) is 4.90 Å². The summed E-state index contributed by atoms with van der Waals surface area (Å²) in [5.41, 5.74) is 1.37. The molecule has 0 unspecified atom stereocenters. The average Bonchev–Trinajstić information content (AvgIpc) is 3.15. The van der Waals surface area contributed by atoms with Gasteiger partial charge in [0, 0.05) is 16.3 Å². The average molecular weight is 328 g/mol.